The molecule has 60 valence electrons. The first-order chi connectivity index (χ1) is 3.46. The van der Waals surface area contributed by atoms with Crippen LogP contribution in [0.3, 0.4) is 0 Å². The molecule has 0 aliphatic heterocycles. The Morgan fingerprint density at radius 2 is 1.44 bits per heavy atom. The predicted octanol–water partition coefficient (Wildman–Crippen LogP) is 1.43. The van der Waals surface area contributed by atoms with Crippen molar-refractivity contribution in [1.82, 2.24) is 0 Å². The summed E-state index contributed by atoms with van der Waals surface area (Å²) in [5.41, 5.74) is 0. The van der Waals surface area contributed by atoms with E-state index in [1.165, 1.54) is 0 Å². The number of hydrogen-bond acceptors (Lipinski definition) is 1. The second-order valence-electron chi connectivity index (χ2n) is 0.733. The Balaban J connectivity index is -0.0000000720. The van der Waals surface area contributed by atoms with Gasteiger partial charge in [-0.2, -0.15) is 0 Å². The third-order valence-electron chi connectivity index (χ3n) is 0. The third-order valence-corrected chi connectivity index (χ3v) is 0. The van der Waals surface area contributed by atoms with E-state index in [9.17, 15) is 13.2 Å². The molecular weight excluding hydrogens is 231 g/mol. The van der Waals surface area contributed by atoms with E-state index in [1.54, 1.807) is 0 Å². The Kier molecular flexibility index (Phi) is 19.2. The molecule has 0 radical (unpaired) electrons. The van der Waals surface area contributed by atoms with Crippen molar-refractivity contribution in [2.45, 2.75) is 6.92 Å². The summed E-state index contributed by atoms with van der Waals surface area (Å²) < 4.78 is 28.8. The monoisotopic (exact) mass is 235 g/mol. The smallest absolute Gasteiger partial charge is 0.300 e. The van der Waals surface area contributed by atoms with Crippen molar-refractivity contribution in [3.63, 3.8) is 0 Å². The van der Waals surface area contributed by atoms with Gasteiger partial charge >= 0.3 is 0 Å². The number of carboxylic acid groups (broad SMARTS) is 1. The van der Waals surface area contributed by atoms with Gasteiger partial charge in [-0.15, -0.1) is 0 Å². The van der Waals surface area contributed by atoms with Gasteiger partial charge in [-0.05, 0) is 0 Å². The van der Waals surface area contributed by atoms with E-state index in [4.69, 9.17) is 9.90 Å². The zero-order chi connectivity index (χ0) is 7.15. The fourth-order valence-electron chi connectivity index (χ4n) is 0. The van der Waals surface area contributed by atoms with Crippen LogP contribution < -0.4 is 0 Å². The van der Waals surface area contributed by atoms with Crippen molar-refractivity contribution in [2.75, 3.05) is 0 Å². The van der Waals surface area contributed by atoms with Crippen molar-refractivity contribution >= 4 is 5.97 Å². The van der Waals surface area contributed by atoms with Gasteiger partial charge in [0.1, 0.15) is 0 Å². The molecule has 0 spiro atoms. The third kappa shape index (κ3) is 46100. The summed E-state index contributed by atoms with van der Waals surface area (Å²) in [4.78, 5) is 9.00. The molecule has 9 heavy (non-hydrogen) atoms. The van der Waals surface area contributed by atoms with Gasteiger partial charge in [0.25, 0.3) is 5.97 Å². The standard InChI is InChI=1S/C2H4O2.CF3.Pd/c1-2(3)4;2-1(3)4;/h1H3,(H,3,4);;/q;-1;. The van der Waals surface area contributed by atoms with E-state index in [-0.39, 0.29) is 20.4 Å². The van der Waals surface area contributed by atoms with Crippen molar-refractivity contribution < 1.29 is 43.5 Å². The first-order valence-corrected chi connectivity index (χ1v) is 1.49. The summed E-state index contributed by atoms with van der Waals surface area (Å²) in [6.45, 7) is -2.00. The van der Waals surface area contributed by atoms with Crippen LogP contribution >= 0.6 is 0 Å². The fourth-order valence-corrected chi connectivity index (χ4v) is 0. The van der Waals surface area contributed by atoms with Crippen molar-refractivity contribution in [3.05, 3.63) is 6.68 Å². The molecule has 0 amide bonds. The second kappa shape index (κ2) is 10.8. The van der Waals surface area contributed by atoms with E-state index in [0.717, 1.165) is 6.92 Å². The SMILES string of the molecule is CC(=O)O.F[C-](F)F.[Pd]. The summed E-state index contributed by atoms with van der Waals surface area (Å²) >= 11 is 0. The Morgan fingerprint density at radius 3 is 1.44 bits per heavy atom. The molecule has 0 atom stereocenters. The van der Waals surface area contributed by atoms with Crippen molar-refractivity contribution in [2.24, 2.45) is 0 Å². The summed E-state index contributed by atoms with van der Waals surface area (Å²) in [5.74, 6) is -0.833. The average molecular weight is 235 g/mol. The average Bonchev–Trinajstić information content (AvgIpc) is 1.25. The number of halogens is 3. The van der Waals surface area contributed by atoms with Gasteiger partial charge in [0.15, 0.2) is 6.68 Å². The van der Waals surface area contributed by atoms with E-state index in [1.807, 2.05) is 0 Å². The number of rotatable bonds is 0. The van der Waals surface area contributed by atoms with Gasteiger partial charge in [0.2, 0.25) is 0 Å². The molecule has 0 bridgehead atoms. The molecular formula is C3H4F3O2Pd-. The maximum Gasteiger partial charge on any atom is 0.300 e. The quantitative estimate of drug-likeness (QED) is 0.509. The van der Waals surface area contributed by atoms with E-state index < -0.39 is 12.6 Å². The summed E-state index contributed by atoms with van der Waals surface area (Å²) in [6.07, 6.45) is 0. The van der Waals surface area contributed by atoms with Gasteiger partial charge < -0.3 is 18.3 Å². The Hall–Kier alpha value is -0.0777. The van der Waals surface area contributed by atoms with Crippen LogP contribution in [-0.2, 0) is 25.2 Å². The number of carboxylic acids is 1. The van der Waals surface area contributed by atoms with Crippen LogP contribution in [0.15, 0.2) is 0 Å². The van der Waals surface area contributed by atoms with Crippen molar-refractivity contribution in [3.8, 4) is 0 Å². The minimum Gasteiger partial charge on any atom is -0.481 e. The molecule has 0 saturated heterocycles. The van der Waals surface area contributed by atoms with E-state index >= 15 is 0 Å². The Morgan fingerprint density at radius 1 is 1.44 bits per heavy atom. The molecule has 6 heteroatoms. The van der Waals surface area contributed by atoms with Crippen LogP contribution in [0.1, 0.15) is 6.92 Å². The van der Waals surface area contributed by atoms with E-state index in [0.29, 0.717) is 0 Å². The van der Waals surface area contributed by atoms with Crippen molar-refractivity contribution in [1.29, 1.82) is 0 Å². The van der Waals surface area contributed by atoms with Gasteiger partial charge in [0.05, 0.1) is 0 Å². The number of hydrogen-bond donors (Lipinski definition) is 1. The summed E-state index contributed by atoms with van der Waals surface area (Å²) in [7, 11) is 0. The Labute approximate surface area is 63.7 Å². The predicted molar refractivity (Wildman–Crippen MR) is 19.9 cm³/mol. The minimum atomic E-state index is -3.08. The van der Waals surface area contributed by atoms with Crippen LogP contribution in [-0.4, -0.2) is 11.1 Å². The van der Waals surface area contributed by atoms with Crippen LogP contribution in [0.2, 0.25) is 0 Å². The normalized spacial score (nSPS) is 6.78. The number of carbonyl (C=O) groups is 1. The zero-order valence-corrected chi connectivity index (χ0v) is 5.86. The largest absolute Gasteiger partial charge is 0.481 e. The van der Waals surface area contributed by atoms with Gasteiger partial charge in [-0.25, -0.2) is 0 Å². The maximum absolute atomic E-state index is 9.58. The molecule has 0 aromatic heterocycles. The van der Waals surface area contributed by atoms with Gasteiger partial charge in [0, 0.05) is 27.3 Å². The molecule has 0 aliphatic carbocycles. The summed E-state index contributed by atoms with van der Waals surface area (Å²) in [6, 6.07) is 0. The molecule has 0 unspecified atom stereocenters. The van der Waals surface area contributed by atoms with E-state index in [2.05, 4.69) is 0 Å². The fraction of sp³-hybridized carbons (Fsp3) is 0.333. The number of aliphatic carboxylic acids is 1. The van der Waals surface area contributed by atoms with Crippen LogP contribution in [0, 0.1) is 6.68 Å². The maximum atomic E-state index is 9.58. The van der Waals surface area contributed by atoms with Gasteiger partial charge in [-0.1, -0.05) is 0 Å². The molecule has 0 rings (SSSR count). The molecule has 0 fully saturated rings. The molecule has 2 nitrogen and oxygen atoms in total. The van der Waals surface area contributed by atoms with Crippen LogP contribution in [0.25, 0.3) is 0 Å². The molecule has 1 N–H and O–H groups in total. The molecule has 0 aromatic carbocycles. The van der Waals surface area contributed by atoms with Gasteiger partial charge in [-0.3, -0.25) is 4.79 Å². The molecule has 0 aliphatic rings. The first kappa shape index (κ1) is 16.0. The summed E-state index contributed by atoms with van der Waals surface area (Å²) in [5, 5.41) is 7.42. The second-order valence-corrected chi connectivity index (χ2v) is 0.733. The minimum absolute atomic E-state index is 0. The Bertz CT molecular complexity index is 61.3. The molecule has 0 heterocycles. The first-order valence-electron chi connectivity index (χ1n) is 1.49. The van der Waals surface area contributed by atoms with Crippen LogP contribution in [0.4, 0.5) is 13.2 Å². The molecule has 0 saturated carbocycles. The topological polar surface area (TPSA) is 37.3 Å². The van der Waals surface area contributed by atoms with Crippen LogP contribution in [0.5, 0.6) is 0 Å². The molecule has 0 aromatic rings. The zero-order valence-electron chi connectivity index (χ0n) is 4.31.